The highest BCUT2D eigenvalue weighted by molar-refractivity contribution is 6.02. The predicted molar refractivity (Wildman–Crippen MR) is 84.8 cm³/mol. The SMILES string of the molecule is COCn1ccc(C(=O)Nc2cnn(Cc3c(F)cc(F)c(F)c3F)c2)n1. The van der Waals surface area contributed by atoms with Crippen LogP contribution in [0.15, 0.2) is 30.7 Å². The fraction of sp³-hybridized carbons (Fsp3) is 0.188. The molecular weight excluding hydrogens is 370 g/mol. The Labute approximate surface area is 150 Å². The number of rotatable bonds is 6. The predicted octanol–water partition coefficient (Wildman–Crippen LogP) is 2.54. The van der Waals surface area contributed by atoms with Gasteiger partial charge in [-0.3, -0.25) is 9.48 Å². The molecule has 0 fully saturated rings. The number of aromatic nitrogens is 4. The number of ether oxygens (including phenoxy) is 1. The summed E-state index contributed by atoms with van der Waals surface area (Å²) in [6, 6.07) is 1.74. The summed E-state index contributed by atoms with van der Waals surface area (Å²) in [4.78, 5) is 12.1. The van der Waals surface area contributed by atoms with Crippen LogP contribution >= 0.6 is 0 Å². The third kappa shape index (κ3) is 3.97. The van der Waals surface area contributed by atoms with E-state index in [4.69, 9.17) is 4.74 Å². The lowest BCUT2D eigenvalue weighted by Crippen LogP contribution is -2.13. The molecule has 0 spiro atoms. The van der Waals surface area contributed by atoms with Gasteiger partial charge >= 0.3 is 0 Å². The molecule has 0 aliphatic rings. The van der Waals surface area contributed by atoms with Gasteiger partial charge in [0.25, 0.3) is 5.91 Å². The third-order valence-corrected chi connectivity index (χ3v) is 3.55. The molecule has 0 saturated heterocycles. The van der Waals surface area contributed by atoms with E-state index in [9.17, 15) is 22.4 Å². The molecule has 0 unspecified atom stereocenters. The Kier molecular flexibility index (Phi) is 5.21. The maximum absolute atomic E-state index is 13.7. The molecule has 1 aromatic carbocycles. The maximum Gasteiger partial charge on any atom is 0.276 e. The van der Waals surface area contributed by atoms with Crippen LogP contribution in [0.25, 0.3) is 0 Å². The average molecular weight is 383 g/mol. The topological polar surface area (TPSA) is 74.0 Å². The first kappa shape index (κ1) is 18.6. The lowest BCUT2D eigenvalue weighted by molar-refractivity contribution is 0.101. The van der Waals surface area contributed by atoms with E-state index in [2.05, 4.69) is 15.5 Å². The standard InChI is InChI=1S/C16H13F4N5O2/c1-27-8-24-3-2-13(23-24)16(26)22-9-5-21-25(6-9)7-10-11(17)4-12(18)15(20)14(10)19/h2-6H,7-8H2,1H3,(H,22,26). The number of amides is 1. The highest BCUT2D eigenvalue weighted by atomic mass is 19.2. The second-order valence-electron chi connectivity index (χ2n) is 5.49. The van der Waals surface area contributed by atoms with Gasteiger partial charge in [0.1, 0.15) is 12.5 Å². The lowest BCUT2D eigenvalue weighted by Gasteiger charge is -2.06. The molecule has 1 amide bonds. The van der Waals surface area contributed by atoms with Crippen molar-refractivity contribution in [1.29, 1.82) is 0 Å². The molecule has 0 bridgehead atoms. The second-order valence-corrected chi connectivity index (χ2v) is 5.49. The van der Waals surface area contributed by atoms with Crippen molar-refractivity contribution in [3.05, 3.63) is 65.2 Å². The Morgan fingerprint density at radius 1 is 1.19 bits per heavy atom. The fourth-order valence-corrected chi connectivity index (χ4v) is 2.31. The van der Waals surface area contributed by atoms with Crippen LogP contribution in [-0.2, 0) is 18.0 Å². The number of carbonyl (C=O) groups is 1. The zero-order chi connectivity index (χ0) is 19.6. The number of nitrogens with one attached hydrogen (secondary N) is 1. The van der Waals surface area contributed by atoms with Gasteiger partial charge in [0.05, 0.1) is 18.4 Å². The lowest BCUT2D eigenvalue weighted by atomic mass is 10.2. The van der Waals surface area contributed by atoms with Crippen LogP contribution in [0.2, 0.25) is 0 Å². The molecule has 7 nitrogen and oxygen atoms in total. The maximum atomic E-state index is 13.7. The summed E-state index contributed by atoms with van der Waals surface area (Å²) in [5.41, 5.74) is -0.338. The molecule has 3 rings (SSSR count). The quantitative estimate of drug-likeness (QED) is 0.403. The largest absolute Gasteiger partial charge is 0.362 e. The summed E-state index contributed by atoms with van der Waals surface area (Å²) in [5.74, 6) is -6.78. The van der Waals surface area contributed by atoms with Gasteiger partial charge in [-0.05, 0) is 6.07 Å². The van der Waals surface area contributed by atoms with E-state index in [1.807, 2.05) is 0 Å². The van der Waals surface area contributed by atoms with Gasteiger partial charge in [-0.15, -0.1) is 0 Å². The van der Waals surface area contributed by atoms with Gasteiger partial charge in [-0.2, -0.15) is 10.2 Å². The molecule has 2 aromatic heterocycles. The number of hydrogen-bond acceptors (Lipinski definition) is 4. The zero-order valence-electron chi connectivity index (χ0n) is 13.9. The van der Waals surface area contributed by atoms with Crippen molar-refractivity contribution in [2.24, 2.45) is 0 Å². The molecule has 0 saturated carbocycles. The molecule has 2 heterocycles. The van der Waals surface area contributed by atoms with Crippen LogP contribution in [0.5, 0.6) is 0 Å². The van der Waals surface area contributed by atoms with Gasteiger partial charge in [-0.25, -0.2) is 22.2 Å². The van der Waals surface area contributed by atoms with Gasteiger partial charge in [-0.1, -0.05) is 0 Å². The first-order valence-electron chi connectivity index (χ1n) is 7.57. The van der Waals surface area contributed by atoms with Gasteiger partial charge in [0.2, 0.25) is 0 Å². The molecule has 142 valence electrons. The summed E-state index contributed by atoms with van der Waals surface area (Å²) >= 11 is 0. The minimum absolute atomic E-state index is 0.123. The van der Waals surface area contributed by atoms with E-state index in [1.165, 1.54) is 30.3 Å². The van der Waals surface area contributed by atoms with Crippen molar-refractivity contribution in [2.75, 3.05) is 12.4 Å². The average Bonchev–Trinajstić information content (AvgIpc) is 3.27. The van der Waals surface area contributed by atoms with E-state index in [0.717, 1.165) is 4.68 Å². The molecule has 0 radical (unpaired) electrons. The summed E-state index contributed by atoms with van der Waals surface area (Å²) in [6.07, 6.45) is 4.07. The van der Waals surface area contributed by atoms with Gasteiger partial charge < -0.3 is 10.1 Å². The molecule has 11 heteroatoms. The van der Waals surface area contributed by atoms with Crippen molar-refractivity contribution >= 4 is 11.6 Å². The summed E-state index contributed by atoms with van der Waals surface area (Å²) in [7, 11) is 1.48. The first-order valence-corrected chi connectivity index (χ1v) is 7.57. The van der Waals surface area contributed by atoms with E-state index in [-0.39, 0.29) is 24.2 Å². The van der Waals surface area contributed by atoms with Crippen LogP contribution in [-0.4, -0.2) is 32.6 Å². The smallest absolute Gasteiger partial charge is 0.276 e. The Morgan fingerprint density at radius 3 is 2.70 bits per heavy atom. The highest BCUT2D eigenvalue weighted by Crippen LogP contribution is 2.20. The Balaban J connectivity index is 1.72. The number of hydrogen-bond donors (Lipinski definition) is 1. The highest BCUT2D eigenvalue weighted by Gasteiger charge is 2.19. The normalized spacial score (nSPS) is 11.0. The second kappa shape index (κ2) is 7.58. The van der Waals surface area contributed by atoms with Gasteiger partial charge in [0, 0.05) is 31.1 Å². The van der Waals surface area contributed by atoms with E-state index < -0.39 is 41.3 Å². The van der Waals surface area contributed by atoms with Crippen LogP contribution in [0.4, 0.5) is 23.2 Å². The summed E-state index contributed by atoms with van der Waals surface area (Å²) in [6.45, 7) is -0.316. The summed E-state index contributed by atoms with van der Waals surface area (Å²) in [5, 5.41) is 10.3. The molecule has 0 aliphatic heterocycles. The van der Waals surface area contributed by atoms with E-state index in [1.54, 1.807) is 6.20 Å². The number of halogens is 4. The third-order valence-electron chi connectivity index (χ3n) is 3.55. The molecular formula is C16H13F4N5O2. The molecule has 0 aliphatic carbocycles. The molecule has 1 N–H and O–H groups in total. The van der Waals surface area contributed by atoms with E-state index >= 15 is 0 Å². The Morgan fingerprint density at radius 2 is 1.96 bits per heavy atom. The number of carbonyl (C=O) groups excluding carboxylic acids is 1. The Hall–Kier alpha value is -3.21. The van der Waals surface area contributed by atoms with Crippen LogP contribution in [0.3, 0.4) is 0 Å². The monoisotopic (exact) mass is 383 g/mol. The van der Waals surface area contributed by atoms with E-state index in [0.29, 0.717) is 0 Å². The summed E-state index contributed by atoms with van der Waals surface area (Å²) < 4.78 is 61.0. The van der Waals surface area contributed by atoms with Crippen molar-refractivity contribution in [3.63, 3.8) is 0 Å². The first-order chi connectivity index (χ1) is 12.9. The van der Waals surface area contributed by atoms with Crippen LogP contribution in [0, 0.1) is 23.3 Å². The van der Waals surface area contributed by atoms with Crippen molar-refractivity contribution < 1.29 is 27.1 Å². The van der Waals surface area contributed by atoms with Crippen molar-refractivity contribution in [3.8, 4) is 0 Å². The fourth-order valence-electron chi connectivity index (χ4n) is 2.31. The Bertz CT molecular complexity index is 985. The number of nitrogens with zero attached hydrogens (tertiary/aromatic N) is 4. The van der Waals surface area contributed by atoms with Gasteiger partial charge in [0.15, 0.2) is 23.1 Å². The molecule has 0 atom stereocenters. The van der Waals surface area contributed by atoms with Crippen LogP contribution in [0.1, 0.15) is 16.1 Å². The minimum Gasteiger partial charge on any atom is -0.362 e. The minimum atomic E-state index is -1.77. The molecule has 3 aromatic rings. The van der Waals surface area contributed by atoms with Crippen LogP contribution < -0.4 is 5.32 Å². The number of benzene rings is 1. The van der Waals surface area contributed by atoms with Crippen molar-refractivity contribution in [2.45, 2.75) is 13.3 Å². The van der Waals surface area contributed by atoms with Crippen molar-refractivity contribution in [1.82, 2.24) is 19.6 Å². The number of methoxy groups -OCH3 is 1. The molecule has 27 heavy (non-hydrogen) atoms. The zero-order valence-corrected chi connectivity index (χ0v) is 13.9. The number of anilines is 1.